The van der Waals surface area contributed by atoms with E-state index in [1.807, 2.05) is 9.47 Å². The Labute approximate surface area is 188 Å². The molecule has 8 heteroatoms. The topological polar surface area (TPSA) is 77.3 Å². The largest absolute Gasteiger partial charge is 0.469 e. The van der Waals surface area contributed by atoms with Crippen molar-refractivity contribution in [3.63, 3.8) is 0 Å². The molecule has 1 aliphatic heterocycles. The van der Waals surface area contributed by atoms with Crippen molar-refractivity contribution in [3.8, 4) is 11.4 Å². The van der Waals surface area contributed by atoms with Crippen LogP contribution in [0, 0.1) is 5.92 Å². The normalized spacial score (nSPS) is 15.2. The van der Waals surface area contributed by atoms with Gasteiger partial charge in [0.05, 0.1) is 18.8 Å². The molecule has 3 rings (SSSR count). The second-order valence-electron chi connectivity index (χ2n) is 8.84. The first-order chi connectivity index (χ1) is 14.7. The molecule has 1 aromatic carbocycles. The van der Waals surface area contributed by atoms with Gasteiger partial charge >= 0.3 is 5.97 Å². The Kier molecular flexibility index (Phi) is 7.41. The summed E-state index contributed by atoms with van der Waals surface area (Å²) in [5, 5.41) is 9.48. The van der Waals surface area contributed by atoms with Crippen LogP contribution >= 0.6 is 11.8 Å². The van der Waals surface area contributed by atoms with E-state index < -0.39 is 0 Å². The molecular formula is C23H32N4O3S. The van der Waals surface area contributed by atoms with Gasteiger partial charge < -0.3 is 14.2 Å². The van der Waals surface area contributed by atoms with Crippen LogP contribution in [0.4, 0.5) is 0 Å². The van der Waals surface area contributed by atoms with Gasteiger partial charge in [-0.05, 0) is 30.7 Å². The van der Waals surface area contributed by atoms with Crippen LogP contribution in [0.1, 0.15) is 46.1 Å². The molecule has 0 radical (unpaired) electrons. The highest BCUT2D eigenvalue weighted by Crippen LogP contribution is 2.28. The highest BCUT2D eigenvalue weighted by Gasteiger charge is 2.28. The van der Waals surface area contributed by atoms with Crippen molar-refractivity contribution in [2.75, 3.05) is 26.0 Å². The third kappa shape index (κ3) is 5.47. The third-order valence-electron chi connectivity index (χ3n) is 5.75. The monoisotopic (exact) mass is 444 g/mol. The summed E-state index contributed by atoms with van der Waals surface area (Å²) >= 11 is 1.41. The molecular weight excluding hydrogens is 412 g/mol. The smallest absolute Gasteiger partial charge is 0.308 e. The number of amides is 1. The van der Waals surface area contributed by atoms with Gasteiger partial charge in [-0.25, -0.2) is 0 Å². The number of methoxy groups -OCH3 is 1. The number of rotatable bonds is 6. The van der Waals surface area contributed by atoms with Crippen molar-refractivity contribution >= 4 is 23.6 Å². The molecule has 2 heterocycles. The van der Waals surface area contributed by atoms with Gasteiger partial charge in [-0.3, -0.25) is 9.59 Å². The van der Waals surface area contributed by atoms with Crippen LogP contribution in [0.3, 0.4) is 0 Å². The first-order valence-corrected chi connectivity index (χ1v) is 11.8. The van der Waals surface area contributed by atoms with Gasteiger partial charge in [-0.15, -0.1) is 10.2 Å². The van der Waals surface area contributed by atoms with Gasteiger partial charge in [-0.1, -0.05) is 56.8 Å². The zero-order chi connectivity index (χ0) is 22.6. The number of hydrogen-bond acceptors (Lipinski definition) is 6. The van der Waals surface area contributed by atoms with Gasteiger partial charge in [0, 0.05) is 25.2 Å². The molecule has 1 fully saturated rings. The lowest BCUT2D eigenvalue weighted by Gasteiger charge is -2.30. The number of esters is 1. The standard InChI is InChI=1S/C23H32N4O3S/c1-6-27-20(16-7-9-18(10-8-16)23(2,3)4)24-25-22(27)31-15-19(28)26-13-11-17(12-14-26)21(29)30-5/h7-10,17H,6,11-15H2,1-5H3. The zero-order valence-electron chi connectivity index (χ0n) is 19.1. The fourth-order valence-corrected chi connectivity index (χ4v) is 4.67. The maximum Gasteiger partial charge on any atom is 0.308 e. The molecule has 7 nitrogen and oxygen atoms in total. The number of piperidine rings is 1. The Morgan fingerprint density at radius 2 is 1.77 bits per heavy atom. The Balaban J connectivity index is 1.62. The molecule has 0 spiro atoms. The highest BCUT2D eigenvalue weighted by molar-refractivity contribution is 7.99. The summed E-state index contributed by atoms with van der Waals surface area (Å²) in [4.78, 5) is 26.1. The van der Waals surface area contributed by atoms with Crippen molar-refractivity contribution in [2.45, 2.75) is 57.7 Å². The summed E-state index contributed by atoms with van der Waals surface area (Å²) in [7, 11) is 1.41. The number of benzene rings is 1. The van der Waals surface area contributed by atoms with Crippen molar-refractivity contribution < 1.29 is 14.3 Å². The van der Waals surface area contributed by atoms with Gasteiger partial charge in [0.2, 0.25) is 5.91 Å². The molecule has 31 heavy (non-hydrogen) atoms. The van der Waals surface area contributed by atoms with E-state index in [9.17, 15) is 9.59 Å². The van der Waals surface area contributed by atoms with Crippen LogP contribution < -0.4 is 0 Å². The van der Waals surface area contributed by atoms with Crippen molar-refractivity contribution in [1.29, 1.82) is 0 Å². The van der Waals surface area contributed by atoms with Crippen molar-refractivity contribution in [3.05, 3.63) is 29.8 Å². The molecule has 1 aliphatic rings. The Morgan fingerprint density at radius 1 is 1.13 bits per heavy atom. The van der Waals surface area contributed by atoms with Crippen LogP contribution in [0.25, 0.3) is 11.4 Å². The van der Waals surface area contributed by atoms with Crippen LogP contribution in [-0.4, -0.2) is 57.5 Å². The lowest BCUT2D eigenvalue weighted by Crippen LogP contribution is -2.41. The van der Waals surface area contributed by atoms with Crippen molar-refractivity contribution in [1.82, 2.24) is 19.7 Å². The van der Waals surface area contributed by atoms with Gasteiger partial charge in [0.25, 0.3) is 0 Å². The third-order valence-corrected chi connectivity index (χ3v) is 6.70. The molecule has 0 saturated carbocycles. The summed E-state index contributed by atoms with van der Waals surface area (Å²) in [6.45, 7) is 10.5. The van der Waals surface area contributed by atoms with E-state index in [0.29, 0.717) is 31.7 Å². The van der Waals surface area contributed by atoms with Crippen molar-refractivity contribution in [2.24, 2.45) is 5.92 Å². The SMILES string of the molecule is CCn1c(SCC(=O)N2CCC(C(=O)OC)CC2)nnc1-c1ccc(C(C)(C)C)cc1. The van der Waals surface area contributed by atoms with E-state index in [1.54, 1.807) is 0 Å². The van der Waals surface area contributed by atoms with E-state index in [0.717, 1.165) is 23.1 Å². The quantitative estimate of drug-likeness (QED) is 0.499. The molecule has 0 atom stereocenters. The predicted molar refractivity (Wildman–Crippen MR) is 122 cm³/mol. The van der Waals surface area contributed by atoms with E-state index >= 15 is 0 Å². The Morgan fingerprint density at radius 3 is 2.32 bits per heavy atom. The molecule has 1 saturated heterocycles. The van der Waals surface area contributed by atoms with E-state index in [1.165, 1.54) is 24.4 Å². The summed E-state index contributed by atoms with van der Waals surface area (Å²) in [6, 6.07) is 8.44. The fourth-order valence-electron chi connectivity index (χ4n) is 3.76. The first kappa shape index (κ1) is 23.3. The average Bonchev–Trinajstić information content (AvgIpc) is 3.19. The number of hydrogen-bond donors (Lipinski definition) is 0. The number of nitrogens with zero attached hydrogens (tertiary/aromatic N) is 4. The summed E-state index contributed by atoms with van der Waals surface area (Å²) in [5.41, 5.74) is 2.39. The maximum absolute atomic E-state index is 12.7. The molecule has 0 N–H and O–H groups in total. The van der Waals surface area contributed by atoms with E-state index in [2.05, 4.69) is 62.2 Å². The van der Waals surface area contributed by atoms with Gasteiger partial charge in [-0.2, -0.15) is 0 Å². The average molecular weight is 445 g/mol. The highest BCUT2D eigenvalue weighted by atomic mass is 32.2. The van der Waals surface area contributed by atoms with Crippen LogP contribution in [0.15, 0.2) is 29.4 Å². The lowest BCUT2D eigenvalue weighted by molar-refractivity contribution is -0.148. The molecule has 168 valence electrons. The van der Waals surface area contributed by atoms with E-state index in [-0.39, 0.29) is 23.2 Å². The molecule has 2 aromatic rings. The molecule has 0 unspecified atom stereocenters. The lowest BCUT2D eigenvalue weighted by atomic mass is 9.87. The Bertz CT molecular complexity index is 910. The zero-order valence-corrected chi connectivity index (χ0v) is 19.9. The summed E-state index contributed by atoms with van der Waals surface area (Å²) in [6.07, 6.45) is 1.31. The van der Waals surface area contributed by atoms with Gasteiger partial charge in [0.15, 0.2) is 11.0 Å². The van der Waals surface area contributed by atoms with Crippen LogP contribution in [0.5, 0.6) is 0 Å². The number of aromatic nitrogens is 3. The minimum Gasteiger partial charge on any atom is -0.469 e. The predicted octanol–water partition coefficient (Wildman–Crippen LogP) is 3.77. The number of ether oxygens (including phenoxy) is 1. The number of carbonyl (C=O) groups excluding carboxylic acids is 2. The minimum absolute atomic E-state index is 0.0649. The molecule has 1 aromatic heterocycles. The number of likely N-dealkylation sites (tertiary alicyclic amines) is 1. The first-order valence-electron chi connectivity index (χ1n) is 10.8. The molecule has 0 bridgehead atoms. The summed E-state index contributed by atoms with van der Waals surface area (Å²) in [5.74, 6) is 0.911. The number of thioether (sulfide) groups is 1. The fraction of sp³-hybridized carbons (Fsp3) is 0.565. The van der Waals surface area contributed by atoms with Gasteiger partial charge in [0.1, 0.15) is 0 Å². The second kappa shape index (κ2) is 9.85. The second-order valence-corrected chi connectivity index (χ2v) is 9.79. The minimum atomic E-state index is -0.180. The maximum atomic E-state index is 12.7. The summed E-state index contributed by atoms with van der Waals surface area (Å²) < 4.78 is 6.86. The van der Waals surface area contributed by atoms with Crippen LogP contribution in [-0.2, 0) is 26.3 Å². The molecule has 1 amide bonds. The molecule has 0 aliphatic carbocycles. The number of carbonyl (C=O) groups is 2. The van der Waals surface area contributed by atoms with E-state index in [4.69, 9.17) is 4.74 Å². The van der Waals surface area contributed by atoms with Crippen LogP contribution in [0.2, 0.25) is 0 Å². The Hall–Kier alpha value is -2.35.